The molecule has 7 heteroatoms. The lowest BCUT2D eigenvalue weighted by molar-refractivity contribution is -0.111. The normalized spacial score (nSPS) is 16.2. The van der Waals surface area contributed by atoms with Gasteiger partial charge < -0.3 is 10.1 Å². The van der Waals surface area contributed by atoms with Crippen LogP contribution in [0.3, 0.4) is 0 Å². The third-order valence-electron chi connectivity index (χ3n) is 4.51. The summed E-state index contributed by atoms with van der Waals surface area (Å²) < 4.78 is 4.93. The van der Waals surface area contributed by atoms with Crippen molar-refractivity contribution >= 4 is 57.5 Å². The minimum absolute atomic E-state index is 0.321. The molecule has 27 heavy (non-hydrogen) atoms. The molecule has 1 atom stereocenters. The molecule has 1 heterocycles. The van der Waals surface area contributed by atoms with Gasteiger partial charge in [-0.3, -0.25) is 4.79 Å². The molecule has 1 aliphatic rings. The molecular formula is C20H19Cl2NO3S. The summed E-state index contributed by atoms with van der Waals surface area (Å²) in [6.07, 6.45) is 5.82. The number of halogens is 2. The average molecular weight is 424 g/mol. The van der Waals surface area contributed by atoms with E-state index in [0.717, 1.165) is 35.3 Å². The summed E-state index contributed by atoms with van der Waals surface area (Å²) in [7, 11) is 1.35. The van der Waals surface area contributed by atoms with Crippen LogP contribution in [0.1, 0.15) is 39.7 Å². The van der Waals surface area contributed by atoms with Crippen LogP contribution in [0, 0.1) is 5.92 Å². The Bertz CT molecular complexity index is 920. The molecule has 4 nitrogen and oxygen atoms in total. The first-order valence-electron chi connectivity index (χ1n) is 8.56. The third-order valence-corrected chi connectivity index (χ3v) is 6.42. The van der Waals surface area contributed by atoms with Crippen LogP contribution < -0.4 is 5.32 Å². The van der Waals surface area contributed by atoms with Crippen molar-refractivity contribution in [2.75, 3.05) is 12.4 Å². The van der Waals surface area contributed by atoms with Crippen LogP contribution in [-0.2, 0) is 22.4 Å². The first-order valence-corrected chi connectivity index (χ1v) is 10.1. The van der Waals surface area contributed by atoms with Gasteiger partial charge in [0, 0.05) is 11.0 Å². The number of ether oxygens (including phenoxy) is 1. The summed E-state index contributed by atoms with van der Waals surface area (Å²) in [6, 6.07) is 5.12. The summed E-state index contributed by atoms with van der Waals surface area (Å²) in [6.45, 7) is 2.19. The highest BCUT2D eigenvalue weighted by Gasteiger charge is 2.28. The predicted octanol–water partition coefficient (Wildman–Crippen LogP) is 5.62. The second-order valence-corrected chi connectivity index (χ2v) is 8.46. The second kappa shape index (κ2) is 8.46. The van der Waals surface area contributed by atoms with E-state index in [1.165, 1.54) is 24.5 Å². The van der Waals surface area contributed by atoms with Crippen molar-refractivity contribution in [2.45, 2.75) is 26.2 Å². The zero-order chi connectivity index (χ0) is 19.6. The molecule has 1 N–H and O–H groups in total. The summed E-state index contributed by atoms with van der Waals surface area (Å²) in [5, 5.41) is 4.25. The Morgan fingerprint density at radius 2 is 2.07 bits per heavy atom. The van der Waals surface area contributed by atoms with Crippen molar-refractivity contribution in [3.8, 4) is 0 Å². The van der Waals surface area contributed by atoms with Crippen LogP contribution in [0.25, 0.3) is 6.08 Å². The van der Waals surface area contributed by atoms with E-state index in [-0.39, 0.29) is 5.91 Å². The van der Waals surface area contributed by atoms with Crippen molar-refractivity contribution in [1.29, 1.82) is 0 Å². The number of hydrogen-bond donors (Lipinski definition) is 1. The van der Waals surface area contributed by atoms with Crippen LogP contribution in [0.5, 0.6) is 0 Å². The fourth-order valence-corrected chi connectivity index (χ4v) is 4.81. The Morgan fingerprint density at radius 1 is 1.30 bits per heavy atom. The van der Waals surface area contributed by atoms with Gasteiger partial charge in [-0.15, -0.1) is 11.3 Å². The number of nitrogens with one attached hydrogen (secondary N) is 1. The highest BCUT2D eigenvalue weighted by Crippen LogP contribution is 2.40. The Balaban J connectivity index is 1.82. The molecule has 0 radical (unpaired) electrons. The number of carbonyl (C=O) groups excluding carboxylic acids is 2. The van der Waals surface area contributed by atoms with Crippen molar-refractivity contribution in [2.24, 2.45) is 5.92 Å². The quantitative estimate of drug-likeness (QED) is 0.512. The second-order valence-electron chi connectivity index (χ2n) is 6.54. The number of hydrogen-bond acceptors (Lipinski definition) is 4. The maximum Gasteiger partial charge on any atom is 0.341 e. The lowest BCUT2D eigenvalue weighted by Gasteiger charge is -2.18. The molecule has 2 aromatic rings. The van der Waals surface area contributed by atoms with Crippen LogP contribution in [-0.4, -0.2) is 19.0 Å². The zero-order valence-electron chi connectivity index (χ0n) is 15.0. The van der Waals surface area contributed by atoms with Gasteiger partial charge >= 0.3 is 5.97 Å². The molecule has 1 aromatic heterocycles. The number of rotatable bonds is 4. The summed E-state index contributed by atoms with van der Waals surface area (Å²) in [4.78, 5) is 25.8. The fraction of sp³-hybridized carbons (Fsp3) is 0.300. The van der Waals surface area contributed by atoms with Gasteiger partial charge in [0.15, 0.2) is 0 Å². The van der Waals surface area contributed by atoms with E-state index in [4.69, 9.17) is 27.9 Å². The van der Waals surface area contributed by atoms with E-state index < -0.39 is 5.97 Å². The largest absolute Gasteiger partial charge is 0.465 e. The Kier molecular flexibility index (Phi) is 6.25. The van der Waals surface area contributed by atoms with Crippen molar-refractivity contribution < 1.29 is 14.3 Å². The van der Waals surface area contributed by atoms with Gasteiger partial charge in [-0.25, -0.2) is 4.79 Å². The van der Waals surface area contributed by atoms with Crippen LogP contribution in [0.15, 0.2) is 24.3 Å². The first-order chi connectivity index (χ1) is 12.9. The first kappa shape index (κ1) is 19.9. The maximum atomic E-state index is 12.4. The summed E-state index contributed by atoms with van der Waals surface area (Å²) in [5.41, 5.74) is 2.25. The van der Waals surface area contributed by atoms with E-state index >= 15 is 0 Å². The van der Waals surface area contributed by atoms with Crippen LogP contribution in [0.2, 0.25) is 10.0 Å². The predicted molar refractivity (Wildman–Crippen MR) is 111 cm³/mol. The molecule has 1 aromatic carbocycles. The van der Waals surface area contributed by atoms with E-state index in [1.807, 2.05) is 0 Å². The molecule has 0 aliphatic heterocycles. The van der Waals surface area contributed by atoms with Crippen molar-refractivity contribution in [3.63, 3.8) is 0 Å². The highest BCUT2D eigenvalue weighted by atomic mass is 35.5. The molecule has 1 aliphatic carbocycles. The molecular weight excluding hydrogens is 405 g/mol. The monoisotopic (exact) mass is 423 g/mol. The van der Waals surface area contributed by atoms with Crippen molar-refractivity contribution in [3.05, 3.63) is 55.9 Å². The molecule has 0 saturated heterocycles. The molecule has 0 saturated carbocycles. The lowest BCUT2D eigenvalue weighted by Crippen LogP contribution is -2.14. The van der Waals surface area contributed by atoms with E-state index in [1.54, 1.807) is 24.3 Å². The van der Waals surface area contributed by atoms with E-state index in [2.05, 4.69) is 12.2 Å². The van der Waals surface area contributed by atoms with E-state index in [0.29, 0.717) is 26.5 Å². The number of fused-ring (bicyclic) bond motifs is 1. The molecule has 0 spiro atoms. The topological polar surface area (TPSA) is 55.4 Å². The van der Waals surface area contributed by atoms with Gasteiger partial charge in [0.25, 0.3) is 0 Å². The SMILES string of the molecule is COC(=O)c1c(NC(=O)C=Cc2ccc(Cl)c(Cl)c2)sc2c1CCC(C)C2. The maximum absolute atomic E-state index is 12.4. The summed E-state index contributed by atoms with van der Waals surface area (Å²) in [5.74, 6) is -0.163. The summed E-state index contributed by atoms with van der Waals surface area (Å²) >= 11 is 13.3. The number of carbonyl (C=O) groups is 2. The van der Waals surface area contributed by atoms with Crippen molar-refractivity contribution in [1.82, 2.24) is 0 Å². The van der Waals surface area contributed by atoms with Gasteiger partial charge in [-0.05, 0) is 54.5 Å². The fourth-order valence-electron chi connectivity index (χ4n) is 3.10. The minimum Gasteiger partial charge on any atom is -0.465 e. The molecule has 1 amide bonds. The molecule has 0 fully saturated rings. The highest BCUT2D eigenvalue weighted by molar-refractivity contribution is 7.17. The minimum atomic E-state index is -0.411. The standard InChI is InChI=1S/C20H19Cl2NO3S/c1-11-3-6-13-16(9-11)27-19(18(13)20(25)26-2)23-17(24)8-5-12-4-7-14(21)15(22)10-12/h4-5,7-8,10-11H,3,6,9H2,1-2H3,(H,23,24). The molecule has 142 valence electrons. The number of methoxy groups -OCH3 is 1. The average Bonchev–Trinajstić information content (AvgIpc) is 2.98. The number of benzene rings is 1. The smallest absolute Gasteiger partial charge is 0.341 e. The van der Waals surface area contributed by atoms with Gasteiger partial charge in [0.1, 0.15) is 5.00 Å². The van der Waals surface area contributed by atoms with Gasteiger partial charge in [0.2, 0.25) is 5.91 Å². The van der Waals surface area contributed by atoms with E-state index in [9.17, 15) is 9.59 Å². The number of anilines is 1. The number of amides is 1. The van der Waals surface area contributed by atoms with Gasteiger partial charge in [-0.1, -0.05) is 36.2 Å². The number of esters is 1. The van der Waals surface area contributed by atoms with Gasteiger partial charge in [-0.2, -0.15) is 0 Å². The molecule has 1 unspecified atom stereocenters. The Morgan fingerprint density at radius 3 is 2.78 bits per heavy atom. The zero-order valence-corrected chi connectivity index (χ0v) is 17.3. The molecule has 0 bridgehead atoms. The van der Waals surface area contributed by atoms with Crippen LogP contribution in [0.4, 0.5) is 5.00 Å². The molecule has 3 rings (SSSR count). The Labute approximate surface area is 172 Å². The van der Waals surface area contributed by atoms with Gasteiger partial charge in [0.05, 0.1) is 22.7 Å². The Hall–Kier alpha value is -1.82. The van der Waals surface area contributed by atoms with Crippen LogP contribution >= 0.6 is 34.5 Å². The third kappa shape index (κ3) is 4.54. The number of thiophene rings is 1. The lowest BCUT2D eigenvalue weighted by atomic mass is 9.88.